The van der Waals surface area contributed by atoms with Crippen molar-refractivity contribution >= 4 is 0 Å². The molecule has 9 fully saturated rings. The molecule has 0 unspecified atom stereocenters. The van der Waals surface area contributed by atoms with Crippen LogP contribution in [0.3, 0.4) is 0 Å². The molecule has 9 rings (SSSR count). The molecule has 5 saturated heterocycles. The van der Waals surface area contributed by atoms with Gasteiger partial charge in [0.2, 0.25) is 0 Å². The van der Waals surface area contributed by atoms with Crippen molar-refractivity contribution in [2.75, 3.05) is 26.4 Å². The highest BCUT2D eigenvalue weighted by atomic mass is 16.8. The summed E-state index contributed by atoms with van der Waals surface area (Å²) >= 11 is 0. The maximum atomic E-state index is 11.5. The Balaban J connectivity index is 0.833. The van der Waals surface area contributed by atoms with E-state index >= 15 is 0 Å². The number of aliphatic hydroxyl groups excluding tert-OH is 10. The van der Waals surface area contributed by atoms with Gasteiger partial charge in [-0.25, -0.2) is 0 Å². The van der Waals surface area contributed by atoms with Crippen molar-refractivity contribution in [1.29, 1.82) is 0 Å². The third kappa shape index (κ3) is 7.88. The van der Waals surface area contributed by atoms with Crippen LogP contribution in [0, 0.1) is 52.3 Å². The molecule has 9 aliphatic rings. The van der Waals surface area contributed by atoms with Crippen LogP contribution in [-0.2, 0) is 37.9 Å². The molecule has 0 aromatic carbocycles. The molecule has 362 valence electrons. The van der Waals surface area contributed by atoms with Gasteiger partial charge in [0.25, 0.3) is 0 Å². The Hall–Kier alpha value is -0.720. The van der Waals surface area contributed by atoms with Crippen LogP contribution in [0.25, 0.3) is 0 Å². The smallest absolute Gasteiger partial charge is 0.187 e. The van der Waals surface area contributed by atoms with E-state index in [2.05, 4.69) is 27.7 Å². The highest BCUT2D eigenvalue weighted by Gasteiger charge is 2.69. The van der Waals surface area contributed by atoms with Gasteiger partial charge < -0.3 is 89.0 Å². The molecular weight excluding hydrogens is 828 g/mol. The lowest BCUT2D eigenvalue weighted by Crippen LogP contribution is -2.67. The SMILES string of the molecule is C[C@H]1CC[C@@]2(OC1)O[C@H]1C[C@H]3[C@@H]4CC[C@H]5C[C@@H](O[C@@H]6O[C@H](CO)[C@H](O[C@@H]7O[C@H](CO)[C@@H](O)[C@H](O)[C@H]7O[C@@H]7O[C@H](CO)[C@H](O)[C@H](O)[C@H]7O)[C@H](O)[C@H]6O)CC[C@]5(C)[C@H]4CC[C@]3(C)[C@H]1[C@@H]2C. The third-order valence-electron chi connectivity index (χ3n) is 18.3. The number of ether oxygens (including phenoxy) is 8. The van der Waals surface area contributed by atoms with Crippen LogP contribution < -0.4 is 0 Å². The first-order valence-electron chi connectivity index (χ1n) is 23.8. The highest BCUT2D eigenvalue weighted by Crippen LogP contribution is 2.71. The second kappa shape index (κ2) is 18.0. The predicted molar refractivity (Wildman–Crippen MR) is 216 cm³/mol. The van der Waals surface area contributed by atoms with Crippen molar-refractivity contribution in [3.05, 3.63) is 0 Å². The monoisotopic (exact) mass is 902 g/mol. The molecule has 18 nitrogen and oxygen atoms in total. The topological polar surface area (TPSA) is 276 Å². The summed E-state index contributed by atoms with van der Waals surface area (Å²) < 4.78 is 49.0. The molecule has 0 aromatic heterocycles. The van der Waals surface area contributed by atoms with Gasteiger partial charge in [-0.2, -0.15) is 0 Å². The molecule has 1 spiro atoms. The summed E-state index contributed by atoms with van der Waals surface area (Å²) in [5.74, 6) is 3.29. The molecule has 10 N–H and O–H groups in total. The van der Waals surface area contributed by atoms with Gasteiger partial charge in [-0.15, -0.1) is 0 Å². The minimum absolute atomic E-state index is 0.134. The van der Waals surface area contributed by atoms with Crippen molar-refractivity contribution in [3.8, 4) is 0 Å². The fourth-order valence-corrected chi connectivity index (χ4v) is 14.7. The van der Waals surface area contributed by atoms with E-state index < -0.39 is 118 Å². The van der Waals surface area contributed by atoms with Crippen LogP contribution in [0.2, 0.25) is 0 Å². The van der Waals surface area contributed by atoms with E-state index in [-0.39, 0.29) is 23.0 Å². The summed E-state index contributed by atoms with van der Waals surface area (Å²) in [6.07, 6.45) is -14.2. The summed E-state index contributed by atoms with van der Waals surface area (Å²) in [5, 5.41) is 106. The van der Waals surface area contributed by atoms with Gasteiger partial charge in [-0.05, 0) is 104 Å². The van der Waals surface area contributed by atoms with Crippen LogP contribution in [0.1, 0.15) is 91.9 Å². The van der Waals surface area contributed by atoms with E-state index in [1.807, 2.05) is 0 Å². The number of hydrogen-bond donors (Lipinski definition) is 10. The van der Waals surface area contributed by atoms with Gasteiger partial charge in [0.1, 0.15) is 73.2 Å². The summed E-state index contributed by atoms with van der Waals surface area (Å²) in [7, 11) is 0. The number of hydrogen-bond acceptors (Lipinski definition) is 18. The molecule has 27 atom stereocenters. The zero-order chi connectivity index (χ0) is 44.9. The molecule has 4 saturated carbocycles. The molecule has 5 heterocycles. The second-order valence-electron chi connectivity index (χ2n) is 21.5. The van der Waals surface area contributed by atoms with Crippen LogP contribution in [-0.4, -0.2) is 188 Å². The molecule has 0 amide bonds. The Kier molecular flexibility index (Phi) is 13.5. The second-order valence-corrected chi connectivity index (χ2v) is 21.5. The van der Waals surface area contributed by atoms with Crippen LogP contribution >= 0.6 is 0 Å². The maximum absolute atomic E-state index is 11.5. The Bertz CT molecular complexity index is 1570. The van der Waals surface area contributed by atoms with Gasteiger partial charge in [0.05, 0.1) is 38.6 Å². The van der Waals surface area contributed by atoms with E-state index in [4.69, 9.17) is 37.9 Å². The summed E-state index contributed by atoms with van der Waals surface area (Å²) in [5.41, 5.74) is 0.364. The Morgan fingerprint density at radius 1 is 0.556 bits per heavy atom. The van der Waals surface area contributed by atoms with E-state index in [1.54, 1.807) is 0 Å². The predicted octanol–water partition coefficient (Wildman–Crippen LogP) is -0.734. The zero-order valence-corrected chi connectivity index (χ0v) is 37.0. The molecule has 0 aromatic rings. The largest absolute Gasteiger partial charge is 0.394 e. The number of aliphatic hydroxyl groups is 10. The highest BCUT2D eigenvalue weighted by molar-refractivity contribution is 5.15. The molecule has 63 heavy (non-hydrogen) atoms. The average molecular weight is 903 g/mol. The van der Waals surface area contributed by atoms with Crippen LogP contribution in [0.4, 0.5) is 0 Å². The van der Waals surface area contributed by atoms with Gasteiger partial charge in [-0.1, -0.05) is 27.7 Å². The van der Waals surface area contributed by atoms with Gasteiger partial charge in [-0.3, -0.25) is 0 Å². The Labute approximate surface area is 369 Å². The third-order valence-corrected chi connectivity index (χ3v) is 18.3. The lowest BCUT2D eigenvalue weighted by atomic mass is 9.44. The lowest BCUT2D eigenvalue weighted by Gasteiger charge is -2.61. The van der Waals surface area contributed by atoms with E-state index in [0.717, 1.165) is 58.0 Å². The van der Waals surface area contributed by atoms with Gasteiger partial charge >= 0.3 is 0 Å². The maximum Gasteiger partial charge on any atom is 0.187 e. The normalized spacial score (nSPS) is 58.2. The minimum atomic E-state index is -1.89. The first kappa shape index (κ1) is 47.4. The first-order valence-corrected chi connectivity index (χ1v) is 23.8. The first-order chi connectivity index (χ1) is 30.0. The molecule has 18 heteroatoms. The molecule has 0 bridgehead atoms. The fourth-order valence-electron chi connectivity index (χ4n) is 14.7. The molecular formula is C45H74O18. The summed E-state index contributed by atoms with van der Waals surface area (Å²) in [4.78, 5) is 0. The van der Waals surface area contributed by atoms with Crippen molar-refractivity contribution in [3.63, 3.8) is 0 Å². The van der Waals surface area contributed by atoms with Crippen molar-refractivity contribution in [1.82, 2.24) is 0 Å². The van der Waals surface area contributed by atoms with E-state index in [0.29, 0.717) is 41.4 Å². The van der Waals surface area contributed by atoms with Crippen LogP contribution in [0.15, 0.2) is 0 Å². The molecule has 4 aliphatic carbocycles. The average Bonchev–Trinajstić information content (AvgIpc) is 3.72. The van der Waals surface area contributed by atoms with Gasteiger partial charge in [0.15, 0.2) is 24.7 Å². The van der Waals surface area contributed by atoms with Crippen molar-refractivity contribution in [2.24, 2.45) is 52.3 Å². The number of rotatable bonds is 9. The number of fused-ring (bicyclic) bond motifs is 7. The quantitative estimate of drug-likeness (QED) is 0.128. The summed E-state index contributed by atoms with van der Waals surface area (Å²) in [6, 6.07) is 0. The van der Waals surface area contributed by atoms with Crippen molar-refractivity contribution < 1.29 is 89.0 Å². The Morgan fingerprint density at radius 3 is 1.84 bits per heavy atom. The summed E-state index contributed by atoms with van der Waals surface area (Å²) in [6.45, 7) is 8.23. The van der Waals surface area contributed by atoms with Crippen molar-refractivity contribution in [2.45, 2.75) is 202 Å². The van der Waals surface area contributed by atoms with Gasteiger partial charge in [0, 0.05) is 12.3 Å². The molecule has 5 aliphatic heterocycles. The van der Waals surface area contributed by atoms with E-state index in [9.17, 15) is 51.1 Å². The molecule has 0 radical (unpaired) electrons. The standard InChI is InChI=1S/C45H74O18/c1-19-7-12-45(56-18-19)20(2)30-26(63-45)14-25-23-6-5-21-13-22(8-10-43(21,3)24(23)9-11-44(25,30)4)57-40-37(55)35(53)38(29(17-48)60-40)61-42-39(34(52)32(50)28(16-47)59-42)62-41-36(54)33(51)31(49)27(15-46)58-41/h19-42,46-55H,5-18H2,1-4H3/t19-,20-,21-,22-,23+,24-,25-,26-,27+,28+,29+,30-,31-,32+,33-,34-,35+,36+,37+,38-,39+,40+,41-,42-,43-,44-,45+/m0/s1. The fraction of sp³-hybridized carbons (Fsp3) is 1.00. The van der Waals surface area contributed by atoms with E-state index in [1.165, 1.54) is 12.8 Å². The van der Waals surface area contributed by atoms with Crippen LogP contribution in [0.5, 0.6) is 0 Å². The zero-order valence-electron chi connectivity index (χ0n) is 37.0. The Morgan fingerprint density at radius 2 is 1.16 bits per heavy atom. The lowest BCUT2D eigenvalue weighted by molar-refractivity contribution is -0.390. The minimum Gasteiger partial charge on any atom is -0.394 e.